The van der Waals surface area contributed by atoms with E-state index in [1.807, 2.05) is 22.7 Å². The van der Waals surface area contributed by atoms with Crippen LogP contribution in [0.5, 0.6) is 0 Å². The number of aryl methyl sites for hydroxylation is 1. The van der Waals surface area contributed by atoms with Crippen molar-refractivity contribution in [2.24, 2.45) is 7.05 Å². The summed E-state index contributed by atoms with van der Waals surface area (Å²) < 4.78 is 7.02. The summed E-state index contributed by atoms with van der Waals surface area (Å²) in [6.07, 6.45) is 3.47. The SMILES string of the molecule is CN1CCN(C(=O)c2nn(C)c3c2CN(Cc2ccoc2)C3)CC1. The molecule has 7 nitrogen and oxygen atoms in total. The number of likely N-dealkylation sites (N-methyl/N-ethyl adjacent to an activating group) is 1. The number of piperazine rings is 1. The third-order valence-electron chi connectivity index (χ3n) is 5.01. The first kappa shape index (κ1) is 15.4. The van der Waals surface area contributed by atoms with Gasteiger partial charge in [-0.3, -0.25) is 14.4 Å². The molecule has 0 spiro atoms. The van der Waals surface area contributed by atoms with Gasteiger partial charge < -0.3 is 14.2 Å². The van der Waals surface area contributed by atoms with Crippen LogP contribution in [0.1, 0.15) is 27.3 Å². The fraction of sp³-hybridized carbons (Fsp3) is 0.529. The highest BCUT2D eigenvalue weighted by atomic mass is 16.3. The Hall–Kier alpha value is -2.12. The zero-order valence-electron chi connectivity index (χ0n) is 14.2. The molecule has 7 heteroatoms. The van der Waals surface area contributed by atoms with E-state index >= 15 is 0 Å². The minimum absolute atomic E-state index is 0.0742. The van der Waals surface area contributed by atoms with E-state index in [2.05, 4.69) is 21.9 Å². The maximum atomic E-state index is 12.9. The van der Waals surface area contributed by atoms with Crippen molar-refractivity contribution in [1.82, 2.24) is 24.5 Å². The van der Waals surface area contributed by atoms with Gasteiger partial charge in [-0.2, -0.15) is 5.10 Å². The van der Waals surface area contributed by atoms with E-state index in [0.717, 1.165) is 62.6 Å². The topological polar surface area (TPSA) is 57.8 Å². The molecule has 0 N–H and O–H groups in total. The van der Waals surface area contributed by atoms with Crippen LogP contribution >= 0.6 is 0 Å². The van der Waals surface area contributed by atoms with Gasteiger partial charge >= 0.3 is 0 Å². The molecule has 2 aromatic heterocycles. The monoisotopic (exact) mass is 329 g/mol. The summed E-state index contributed by atoms with van der Waals surface area (Å²) in [7, 11) is 4.02. The highest BCUT2D eigenvalue weighted by Gasteiger charge is 2.32. The molecule has 2 aliphatic rings. The van der Waals surface area contributed by atoms with Crippen molar-refractivity contribution in [3.8, 4) is 0 Å². The van der Waals surface area contributed by atoms with Crippen molar-refractivity contribution in [3.63, 3.8) is 0 Å². The minimum Gasteiger partial charge on any atom is -0.472 e. The fourth-order valence-corrected chi connectivity index (χ4v) is 3.54. The average Bonchev–Trinajstić information content (AvgIpc) is 3.27. The molecular formula is C17H23N5O2. The summed E-state index contributed by atoms with van der Waals surface area (Å²) in [5.41, 5.74) is 4.02. The van der Waals surface area contributed by atoms with Crippen molar-refractivity contribution in [2.45, 2.75) is 19.6 Å². The van der Waals surface area contributed by atoms with Gasteiger partial charge in [0.05, 0.1) is 18.2 Å². The molecule has 24 heavy (non-hydrogen) atoms. The molecule has 0 atom stereocenters. The van der Waals surface area contributed by atoms with Crippen molar-refractivity contribution in [3.05, 3.63) is 41.1 Å². The Bertz CT molecular complexity index is 728. The van der Waals surface area contributed by atoms with Gasteiger partial charge in [-0.05, 0) is 13.1 Å². The van der Waals surface area contributed by atoms with Crippen molar-refractivity contribution >= 4 is 5.91 Å². The second-order valence-electron chi connectivity index (χ2n) is 6.77. The predicted molar refractivity (Wildman–Crippen MR) is 88.3 cm³/mol. The zero-order chi connectivity index (χ0) is 16.7. The molecule has 4 rings (SSSR count). The Labute approximate surface area is 141 Å². The van der Waals surface area contributed by atoms with Gasteiger partial charge in [0.1, 0.15) is 0 Å². The largest absolute Gasteiger partial charge is 0.472 e. The van der Waals surface area contributed by atoms with Crippen LogP contribution in [0.25, 0.3) is 0 Å². The van der Waals surface area contributed by atoms with E-state index < -0.39 is 0 Å². The van der Waals surface area contributed by atoms with E-state index in [1.165, 1.54) is 0 Å². The minimum atomic E-state index is 0.0742. The number of furan rings is 1. The summed E-state index contributed by atoms with van der Waals surface area (Å²) in [5.74, 6) is 0.0742. The molecule has 0 saturated carbocycles. The summed E-state index contributed by atoms with van der Waals surface area (Å²) >= 11 is 0. The van der Waals surface area contributed by atoms with E-state index in [4.69, 9.17) is 4.42 Å². The van der Waals surface area contributed by atoms with Crippen LogP contribution in [0.2, 0.25) is 0 Å². The van der Waals surface area contributed by atoms with Crippen molar-refractivity contribution in [2.75, 3.05) is 33.2 Å². The van der Waals surface area contributed by atoms with E-state index in [0.29, 0.717) is 5.69 Å². The molecular weight excluding hydrogens is 306 g/mol. The average molecular weight is 329 g/mol. The third-order valence-corrected chi connectivity index (χ3v) is 5.01. The number of amides is 1. The smallest absolute Gasteiger partial charge is 0.274 e. The van der Waals surface area contributed by atoms with Gasteiger partial charge in [0.15, 0.2) is 5.69 Å². The van der Waals surface area contributed by atoms with Gasteiger partial charge in [0.2, 0.25) is 0 Å². The molecule has 0 unspecified atom stereocenters. The highest BCUT2D eigenvalue weighted by Crippen LogP contribution is 2.28. The van der Waals surface area contributed by atoms with Crippen molar-refractivity contribution < 1.29 is 9.21 Å². The number of carbonyl (C=O) groups excluding carboxylic acids is 1. The van der Waals surface area contributed by atoms with Gasteiger partial charge in [0, 0.05) is 64.0 Å². The van der Waals surface area contributed by atoms with Gasteiger partial charge in [-0.1, -0.05) is 0 Å². The van der Waals surface area contributed by atoms with Gasteiger partial charge in [0.25, 0.3) is 5.91 Å². The van der Waals surface area contributed by atoms with E-state index in [9.17, 15) is 4.79 Å². The second-order valence-corrected chi connectivity index (χ2v) is 6.77. The molecule has 1 saturated heterocycles. The number of carbonyl (C=O) groups is 1. The molecule has 1 amide bonds. The Morgan fingerprint density at radius 3 is 2.71 bits per heavy atom. The normalized spacial score (nSPS) is 19.0. The standard InChI is InChI=1S/C17H23N5O2/c1-19-4-6-22(7-5-19)17(23)16-14-10-21(9-13-3-8-24-12-13)11-15(14)20(2)18-16/h3,8,12H,4-7,9-11H2,1-2H3. The Kier molecular flexibility index (Phi) is 3.90. The summed E-state index contributed by atoms with van der Waals surface area (Å²) in [5, 5.41) is 4.52. The van der Waals surface area contributed by atoms with Crippen LogP contribution in [-0.2, 0) is 26.7 Å². The van der Waals surface area contributed by atoms with Crippen LogP contribution in [0.15, 0.2) is 23.0 Å². The Morgan fingerprint density at radius 2 is 2.00 bits per heavy atom. The van der Waals surface area contributed by atoms with Crippen molar-refractivity contribution in [1.29, 1.82) is 0 Å². The van der Waals surface area contributed by atoms with E-state index in [-0.39, 0.29) is 5.91 Å². The second kappa shape index (κ2) is 6.07. The number of rotatable bonds is 3. The molecule has 0 radical (unpaired) electrons. The Balaban J connectivity index is 1.51. The zero-order valence-corrected chi connectivity index (χ0v) is 14.2. The van der Waals surface area contributed by atoms with E-state index in [1.54, 1.807) is 12.5 Å². The molecule has 1 fully saturated rings. The molecule has 4 heterocycles. The molecule has 0 bridgehead atoms. The maximum Gasteiger partial charge on any atom is 0.274 e. The quantitative estimate of drug-likeness (QED) is 0.838. The first-order valence-corrected chi connectivity index (χ1v) is 8.38. The van der Waals surface area contributed by atoms with Crippen LogP contribution in [0.4, 0.5) is 0 Å². The summed E-state index contributed by atoms with van der Waals surface area (Å²) in [4.78, 5) is 19.4. The highest BCUT2D eigenvalue weighted by molar-refractivity contribution is 5.94. The number of aromatic nitrogens is 2. The van der Waals surface area contributed by atoms with Gasteiger partial charge in [-0.15, -0.1) is 0 Å². The van der Waals surface area contributed by atoms with Crippen LogP contribution in [-0.4, -0.2) is 63.6 Å². The molecule has 2 aromatic rings. The Morgan fingerprint density at radius 1 is 1.21 bits per heavy atom. The summed E-state index contributed by atoms with van der Waals surface area (Å²) in [6, 6.07) is 1.98. The molecule has 2 aliphatic heterocycles. The summed E-state index contributed by atoms with van der Waals surface area (Å²) in [6.45, 7) is 5.82. The van der Waals surface area contributed by atoms with Crippen LogP contribution in [0, 0.1) is 0 Å². The lowest BCUT2D eigenvalue weighted by Crippen LogP contribution is -2.47. The predicted octanol–water partition coefficient (Wildman–Crippen LogP) is 0.916. The van der Waals surface area contributed by atoms with Crippen LogP contribution < -0.4 is 0 Å². The lowest BCUT2D eigenvalue weighted by molar-refractivity contribution is 0.0655. The number of hydrogen-bond donors (Lipinski definition) is 0. The molecule has 0 aliphatic carbocycles. The number of fused-ring (bicyclic) bond motifs is 1. The number of nitrogens with zero attached hydrogens (tertiary/aromatic N) is 5. The molecule has 0 aromatic carbocycles. The lowest BCUT2D eigenvalue weighted by Gasteiger charge is -2.32. The first-order valence-electron chi connectivity index (χ1n) is 8.38. The number of hydrogen-bond acceptors (Lipinski definition) is 5. The first-order chi connectivity index (χ1) is 11.6. The van der Waals surface area contributed by atoms with Gasteiger partial charge in [-0.25, -0.2) is 0 Å². The third kappa shape index (κ3) is 2.74. The maximum absolute atomic E-state index is 12.9. The lowest BCUT2D eigenvalue weighted by atomic mass is 10.2. The fourth-order valence-electron chi connectivity index (χ4n) is 3.54. The van der Waals surface area contributed by atoms with Crippen LogP contribution in [0.3, 0.4) is 0 Å². The molecule has 128 valence electrons.